The Labute approximate surface area is 421 Å². The lowest BCUT2D eigenvalue weighted by Gasteiger charge is -2.55. The molecule has 3 amide bonds. The summed E-state index contributed by atoms with van der Waals surface area (Å²) in [6, 6.07) is 15.4. The van der Waals surface area contributed by atoms with Crippen LogP contribution in [0.15, 0.2) is 67.0 Å². The lowest BCUT2D eigenvalue weighted by molar-refractivity contribution is -0.145. The van der Waals surface area contributed by atoms with Gasteiger partial charge in [-0.2, -0.15) is 0 Å². The van der Waals surface area contributed by atoms with E-state index in [0.29, 0.717) is 28.2 Å². The van der Waals surface area contributed by atoms with Crippen LogP contribution in [-0.2, 0) is 14.4 Å². The fraction of sp³-hybridized carbons (Fsp3) is 0.537. The molecule has 5 N–H and O–H groups in total. The molecule has 5 fully saturated rings. The first-order valence-corrected chi connectivity index (χ1v) is 25.9. The number of benzene rings is 2. The van der Waals surface area contributed by atoms with Crippen LogP contribution >= 0.6 is 11.6 Å². The molecule has 71 heavy (non-hydrogen) atoms. The third-order valence-electron chi connectivity index (χ3n) is 16.2. The van der Waals surface area contributed by atoms with Gasteiger partial charge in [0.2, 0.25) is 23.7 Å². The number of aliphatic hydroxyl groups is 1. The summed E-state index contributed by atoms with van der Waals surface area (Å²) in [5, 5.41) is 39.9. The number of aromatic hydroxyl groups is 1. The number of para-hydroxylation sites is 1. The van der Waals surface area contributed by atoms with Crippen LogP contribution in [0.5, 0.6) is 5.75 Å². The van der Waals surface area contributed by atoms with Crippen molar-refractivity contribution < 1.29 is 24.6 Å². The number of anilines is 3. The lowest BCUT2D eigenvalue weighted by Crippen LogP contribution is -2.59. The first-order chi connectivity index (χ1) is 34.2. The Morgan fingerprint density at radius 3 is 2.37 bits per heavy atom. The van der Waals surface area contributed by atoms with Crippen LogP contribution in [-0.4, -0.2) is 141 Å². The van der Waals surface area contributed by atoms with E-state index in [0.717, 1.165) is 101 Å². The quantitative estimate of drug-likeness (QED) is 0.131. The van der Waals surface area contributed by atoms with Gasteiger partial charge in [-0.15, -0.1) is 10.2 Å². The zero-order valence-corrected chi connectivity index (χ0v) is 41.7. The van der Waals surface area contributed by atoms with E-state index in [1.54, 1.807) is 36.4 Å². The minimum atomic E-state index is -0.858. The molecule has 0 unspecified atom stereocenters. The van der Waals surface area contributed by atoms with Crippen molar-refractivity contribution in [2.24, 2.45) is 16.7 Å². The summed E-state index contributed by atoms with van der Waals surface area (Å²) in [5.41, 5.74) is 3.94. The van der Waals surface area contributed by atoms with Gasteiger partial charge >= 0.3 is 0 Å². The number of nitrogens with one attached hydrogen (secondary N) is 3. The third-order valence-corrected chi connectivity index (χ3v) is 16.4. The van der Waals surface area contributed by atoms with Gasteiger partial charge < -0.3 is 45.8 Å². The molecule has 1 spiro atoms. The molecule has 4 aliphatic heterocycles. The Balaban J connectivity index is 0.663. The number of aliphatic hydroxyl groups excluding tert-OH is 1. The predicted octanol–water partition coefficient (Wildman–Crippen LogP) is 5.59. The number of rotatable bonds is 9. The van der Waals surface area contributed by atoms with Crippen molar-refractivity contribution in [3.63, 3.8) is 0 Å². The number of hydrogen-bond acceptors (Lipinski definition) is 13. The summed E-state index contributed by atoms with van der Waals surface area (Å²) >= 11 is 5.97. The van der Waals surface area contributed by atoms with E-state index in [2.05, 4.69) is 52.7 Å². The van der Waals surface area contributed by atoms with Crippen molar-refractivity contribution in [3.05, 3.63) is 83.1 Å². The highest BCUT2D eigenvalue weighted by Gasteiger charge is 2.50. The Kier molecular flexibility index (Phi) is 13.9. The third kappa shape index (κ3) is 10.5. The molecule has 6 aliphatic rings. The zero-order valence-electron chi connectivity index (χ0n) is 41.0. The van der Waals surface area contributed by atoms with Gasteiger partial charge in [-0.3, -0.25) is 14.4 Å². The van der Waals surface area contributed by atoms with Gasteiger partial charge in [0, 0.05) is 79.6 Å². The molecule has 0 radical (unpaired) electrons. The number of nitrogens with zero attached hydrogens (tertiary/aromatic N) is 8. The molecule has 3 saturated heterocycles. The van der Waals surface area contributed by atoms with Gasteiger partial charge in [-0.25, -0.2) is 9.97 Å². The second kappa shape index (κ2) is 20.2. The molecule has 2 aliphatic carbocycles. The van der Waals surface area contributed by atoms with E-state index in [4.69, 9.17) is 21.6 Å². The van der Waals surface area contributed by atoms with Crippen LogP contribution < -0.4 is 25.8 Å². The maximum absolute atomic E-state index is 14.2. The molecule has 10 rings (SSSR count). The Hall–Kier alpha value is -6.02. The van der Waals surface area contributed by atoms with Gasteiger partial charge in [0.15, 0.2) is 5.82 Å². The average Bonchev–Trinajstić information content (AvgIpc) is 3.77. The molecule has 16 nitrogen and oxygen atoms in total. The van der Waals surface area contributed by atoms with Crippen LogP contribution in [0.4, 0.5) is 17.5 Å². The van der Waals surface area contributed by atoms with E-state index in [1.807, 2.05) is 51.4 Å². The van der Waals surface area contributed by atoms with Gasteiger partial charge in [0.25, 0.3) is 0 Å². The van der Waals surface area contributed by atoms with E-state index in [1.165, 1.54) is 23.3 Å². The van der Waals surface area contributed by atoms with Crippen molar-refractivity contribution >= 4 is 46.8 Å². The Bertz CT molecular complexity index is 2650. The maximum atomic E-state index is 14.2. The number of hydrogen-bond donors (Lipinski definition) is 5. The van der Waals surface area contributed by atoms with Gasteiger partial charge in [0.05, 0.1) is 30.1 Å². The molecule has 4 atom stereocenters. The lowest BCUT2D eigenvalue weighted by atomic mass is 9.56. The van der Waals surface area contributed by atoms with Crippen LogP contribution in [0.1, 0.15) is 95.6 Å². The average molecular weight is 985 g/mol. The minimum absolute atomic E-state index is 0.0274. The minimum Gasteiger partial charge on any atom is -0.507 e. The molecular weight excluding hydrogens is 918 g/mol. The molecule has 0 bridgehead atoms. The van der Waals surface area contributed by atoms with Crippen molar-refractivity contribution in [3.8, 4) is 28.8 Å². The number of piperidine rings is 1. The summed E-state index contributed by atoms with van der Waals surface area (Å²) in [4.78, 5) is 60.0. The monoisotopic (exact) mass is 983 g/mol. The maximum Gasteiger partial charge on any atom is 0.246 e. The van der Waals surface area contributed by atoms with E-state index in [9.17, 15) is 24.6 Å². The molecule has 6 heterocycles. The molecular formula is C54H66ClN11O5. The number of phenolic OH excluding ortho intramolecular Hbond substituents is 1. The second-order valence-electron chi connectivity index (χ2n) is 21.8. The number of likely N-dealkylation sites (tertiary alicyclic amines) is 2. The van der Waals surface area contributed by atoms with E-state index in [-0.39, 0.29) is 60.4 Å². The highest BCUT2D eigenvalue weighted by atomic mass is 35.5. The van der Waals surface area contributed by atoms with Gasteiger partial charge in [0.1, 0.15) is 17.8 Å². The summed E-state index contributed by atoms with van der Waals surface area (Å²) in [5.74, 6) is 7.08. The zero-order chi connectivity index (χ0) is 49.4. The molecule has 2 aromatic heterocycles. The number of phenols is 1. The standard InChI is InChI=1S/C54H66ClN11O5/c1-53(2,3)47(51(71)66-33-41(67)25-45(66)50(70)56-20-6-7-34-10-12-38(55)13-11-34)60-49(69)36-14-18-54(19-15-36)27-39(28-54)63-21-16-35(17-22-63)37-29-58-52(59-30-37)64-23-24-65-40(32-64)31-57-48-44(65)26-43(61-62-48)42-8-4-5-9-46(42)68/h4-5,8-13,26,29-30,35-36,39-41,45,47,67-68H,14-25,27-28,31-33H2,1-3H3,(H,56,70)(H,57,62)(H,60,69)/t36-,39-,40-,41+,45-,47+,54?/m0/s1. The van der Waals surface area contributed by atoms with Crippen molar-refractivity contribution in [1.82, 2.24) is 40.6 Å². The topological polar surface area (TPSA) is 192 Å². The number of β-amino-alcohol motifs (C(OH)–C–C–N with tert-alkyl or cyclic N) is 1. The molecule has 374 valence electrons. The SMILES string of the molecule is CC(C)(C)[C@H](NC(=O)[C@H]1CCC2(CC1)C[C@H](N1CCC(c3cnc(N4CCN5c6cc(-c7ccccc7O)nnc6NC[C@H]5C4)nc3)CC1)C2)C(=O)N1C[C@H](O)C[C@H]1C(=O)NCC#Cc1ccc(Cl)cc1. The molecule has 4 aromatic rings. The smallest absolute Gasteiger partial charge is 0.246 e. The molecule has 17 heteroatoms. The van der Waals surface area contributed by atoms with Crippen molar-refractivity contribution in [2.75, 3.05) is 67.5 Å². The number of halogens is 1. The first kappa shape index (κ1) is 48.6. The summed E-state index contributed by atoms with van der Waals surface area (Å²) in [6.07, 6.45) is 11.5. The Morgan fingerprint density at radius 1 is 0.915 bits per heavy atom. The second-order valence-corrected chi connectivity index (χ2v) is 22.3. The fourth-order valence-electron chi connectivity index (χ4n) is 12.0. The number of fused-ring (bicyclic) bond motifs is 3. The summed E-state index contributed by atoms with van der Waals surface area (Å²) in [6.45, 7) is 11.1. The molecule has 2 saturated carbocycles. The number of aromatic nitrogens is 4. The van der Waals surface area contributed by atoms with Crippen molar-refractivity contribution in [2.45, 2.75) is 115 Å². The number of piperazine rings is 1. The van der Waals surface area contributed by atoms with Crippen LogP contribution in [0.25, 0.3) is 11.3 Å². The van der Waals surface area contributed by atoms with Gasteiger partial charge in [-0.05, 0) is 129 Å². The largest absolute Gasteiger partial charge is 0.507 e. The predicted molar refractivity (Wildman–Crippen MR) is 273 cm³/mol. The van der Waals surface area contributed by atoms with Crippen LogP contribution in [0.2, 0.25) is 5.02 Å². The first-order valence-electron chi connectivity index (χ1n) is 25.5. The van der Waals surface area contributed by atoms with Crippen LogP contribution in [0, 0.1) is 28.6 Å². The highest BCUT2D eigenvalue weighted by molar-refractivity contribution is 6.30. The normalized spacial score (nSPS) is 26.0. The number of carbonyl (C=O) groups is 3. The highest BCUT2D eigenvalue weighted by Crippen LogP contribution is 2.55. The molecule has 2 aromatic carbocycles. The summed E-state index contributed by atoms with van der Waals surface area (Å²) in [7, 11) is 0. The van der Waals surface area contributed by atoms with Gasteiger partial charge in [-0.1, -0.05) is 56.3 Å². The Morgan fingerprint density at radius 2 is 1.65 bits per heavy atom. The van der Waals surface area contributed by atoms with Crippen LogP contribution in [0.3, 0.4) is 0 Å². The van der Waals surface area contributed by atoms with E-state index < -0.39 is 23.6 Å². The van der Waals surface area contributed by atoms with E-state index >= 15 is 0 Å². The fourth-order valence-corrected chi connectivity index (χ4v) is 12.1. The summed E-state index contributed by atoms with van der Waals surface area (Å²) < 4.78 is 0. The number of carbonyl (C=O) groups excluding carboxylic acids is 3. The number of amides is 3. The van der Waals surface area contributed by atoms with Crippen molar-refractivity contribution in [1.29, 1.82) is 0 Å².